The molecular formula is C23H23N3O2. The van der Waals surface area contributed by atoms with Crippen LogP contribution in [0, 0.1) is 0 Å². The highest BCUT2D eigenvalue weighted by Gasteiger charge is 2.24. The maximum absolute atomic E-state index is 12.8. The van der Waals surface area contributed by atoms with Gasteiger partial charge < -0.3 is 14.5 Å². The average molecular weight is 373 g/mol. The van der Waals surface area contributed by atoms with Crippen molar-refractivity contribution in [3.05, 3.63) is 60.2 Å². The van der Waals surface area contributed by atoms with Crippen LogP contribution in [-0.2, 0) is 11.2 Å². The van der Waals surface area contributed by atoms with E-state index in [0.717, 1.165) is 41.9 Å². The molecule has 1 fully saturated rings. The molecular weight excluding hydrogens is 350 g/mol. The molecule has 0 unspecified atom stereocenters. The van der Waals surface area contributed by atoms with Gasteiger partial charge in [0.2, 0.25) is 0 Å². The lowest BCUT2D eigenvalue weighted by Gasteiger charge is -2.19. The van der Waals surface area contributed by atoms with E-state index in [-0.39, 0.29) is 12.5 Å². The lowest BCUT2D eigenvalue weighted by molar-refractivity contribution is -0.120. The lowest BCUT2D eigenvalue weighted by atomic mass is 10.2. The summed E-state index contributed by atoms with van der Waals surface area (Å²) in [5.41, 5.74) is 3.04. The van der Waals surface area contributed by atoms with Crippen LogP contribution in [0.3, 0.4) is 0 Å². The standard InChI is InChI=1S/C23H23N3O2/c27-22(26-15-12-17-6-1-2-8-19(17)26)16-28-20-9-5-7-18-10-11-21(24-23(18)20)25-13-3-4-14-25/h1-2,5-11H,3-4,12-16H2. The van der Waals surface area contributed by atoms with E-state index in [1.165, 1.54) is 18.4 Å². The number of anilines is 2. The molecule has 0 N–H and O–H groups in total. The van der Waals surface area contributed by atoms with Gasteiger partial charge in [-0.2, -0.15) is 0 Å². The Bertz CT molecular complexity index is 1030. The van der Waals surface area contributed by atoms with Crippen molar-refractivity contribution < 1.29 is 9.53 Å². The number of pyridine rings is 1. The monoisotopic (exact) mass is 373 g/mol. The molecule has 0 bridgehead atoms. The van der Waals surface area contributed by atoms with Crippen molar-refractivity contribution >= 4 is 28.3 Å². The van der Waals surface area contributed by atoms with Crippen molar-refractivity contribution in [3.63, 3.8) is 0 Å². The number of carbonyl (C=O) groups excluding carboxylic acids is 1. The molecule has 5 rings (SSSR count). The number of fused-ring (bicyclic) bond motifs is 2. The minimum Gasteiger partial charge on any atom is -0.481 e. The number of benzene rings is 2. The van der Waals surface area contributed by atoms with Crippen LogP contribution in [0.25, 0.3) is 10.9 Å². The second-order valence-electron chi connectivity index (χ2n) is 7.40. The van der Waals surface area contributed by atoms with Crippen molar-refractivity contribution in [3.8, 4) is 5.75 Å². The fraction of sp³-hybridized carbons (Fsp3) is 0.304. The molecule has 5 nitrogen and oxygen atoms in total. The van der Waals surface area contributed by atoms with Gasteiger partial charge in [0.05, 0.1) is 0 Å². The summed E-state index contributed by atoms with van der Waals surface area (Å²) in [6.45, 7) is 2.83. The number of nitrogens with zero attached hydrogens (tertiary/aromatic N) is 3. The van der Waals surface area contributed by atoms with E-state index < -0.39 is 0 Å². The Kier molecular flexibility index (Phi) is 4.35. The molecule has 1 amide bonds. The molecule has 1 saturated heterocycles. The third kappa shape index (κ3) is 3.07. The first-order chi connectivity index (χ1) is 13.8. The number of para-hydroxylation sites is 2. The smallest absolute Gasteiger partial charge is 0.264 e. The fourth-order valence-electron chi connectivity index (χ4n) is 4.16. The summed E-state index contributed by atoms with van der Waals surface area (Å²) in [7, 11) is 0. The Labute approximate surface area is 164 Å². The molecule has 0 saturated carbocycles. The van der Waals surface area contributed by atoms with E-state index in [1.807, 2.05) is 41.3 Å². The van der Waals surface area contributed by atoms with E-state index in [9.17, 15) is 4.79 Å². The predicted molar refractivity (Wildman–Crippen MR) is 111 cm³/mol. The van der Waals surface area contributed by atoms with Gasteiger partial charge in [0.15, 0.2) is 6.61 Å². The highest BCUT2D eigenvalue weighted by atomic mass is 16.5. The molecule has 0 atom stereocenters. The first-order valence-corrected chi connectivity index (χ1v) is 9.95. The van der Waals surface area contributed by atoms with Gasteiger partial charge in [0, 0.05) is 30.7 Å². The second-order valence-corrected chi connectivity index (χ2v) is 7.40. The number of rotatable bonds is 4. The lowest BCUT2D eigenvalue weighted by Crippen LogP contribution is -2.33. The van der Waals surface area contributed by atoms with Crippen molar-refractivity contribution in [1.29, 1.82) is 0 Å². The normalized spacial score (nSPS) is 15.9. The van der Waals surface area contributed by atoms with Gasteiger partial charge in [-0.3, -0.25) is 4.79 Å². The van der Waals surface area contributed by atoms with Gasteiger partial charge in [-0.25, -0.2) is 4.98 Å². The van der Waals surface area contributed by atoms with E-state index in [2.05, 4.69) is 23.1 Å². The minimum atomic E-state index is -0.0161. The largest absolute Gasteiger partial charge is 0.481 e. The van der Waals surface area contributed by atoms with E-state index in [4.69, 9.17) is 9.72 Å². The summed E-state index contributed by atoms with van der Waals surface area (Å²) in [4.78, 5) is 21.7. The molecule has 0 aliphatic carbocycles. The Morgan fingerprint density at radius 2 is 1.82 bits per heavy atom. The number of hydrogen-bond acceptors (Lipinski definition) is 4. The van der Waals surface area contributed by atoms with E-state index >= 15 is 0 Å². The summed E-state index contributed by atoms with van der Waals surface area (Å²) in [5.74, 6) is 1.64. The summed E-state index contributed by atoms with van der Waals surface area (Å²) in [5, 5.41) is 1.03. The Morgan fingerprint density at radius 3 is 2.71 bits per heavy atom. The van der Waals surface area contributed by atoms with Crippen LogP contribution in [0.2, 0.25) is 0 Å². The first kappa shape index (κ1) is 17.0. The molecule has 28 heavy (non-hydrogen) atoms. The number of amides is 1. The number of ether oxygens (including phenoxy) is 1. The van der Waals surface area contributed by atoms with Crippen molar-refractivity contribution in [2.75, 3.05) is 36.0 Å². The Hall–Kier alpha value is -3.08. The Morgan fingerprint density at radius 1 is 0.964 bits per heavy atom. The molecule has 3 aromatic rings. The van der Waals surface area contributed by atoms with Gasteiger partial charge in [-0.15, -0.1) is 0 Å². The second kappa shape index (κ2) is 7.15. The third-order valence-electron chi connectivity index (χ3n) is 5.64. The zero-order chi connectivity index (χ0) is 18.9. The highest BCUT2D eigenvalue weighted by molar-refractivity contribution is 5.96. The van der Waals surface area contributed by atoms with Crippen LogP contribution in [0.15, 0.2) is 54.6 Å². The highest BCUT2D eigenvalue weighted by Crippen LogP contribution is 2.29. The SMILES string of the molecule is O=C(COc1cccc2ccc(N3CCCC3)nc12)N1CCc2ccccc21. The average Bonchev–Trinajstić information content (AvgIpc) is 3.41. The van der Waals surface area contributed by atoms with Crippen LogP contribution >= 0.6 is 0 Å². The molecule has 0 spiro atoms. The summed E-state index contributed by atoms with van der Waals surface area (Å²) >= 11 is 0. The van der Waals surface area contributed by atoms with Crippen LogP contribution in [0.4, 0.5) is 11.5 Å². The van der Waals surface area contributed by atoms with Gasteiger partial charge in [-0.1, -0.05) is 30.3 Å². The molecule has 2 aromatic carbocycles. The van der Waals surface area contributed by atoms with E-state index in [1.54, 1.807) is 0 Å². The van der Waals surface area contributed by atoms with Gasteiger partial charge >= 0.3 is 0 Å². The third-order valence-corrected chi connectivity index (χ3v) is 5.64. The van der Waals surface area contributed by atoms with Gasteiger partial charge in [0.25, 0.3) is 5.91 Å². The topological polar surface area (TPSA) is 45.7 Å². The van der Waals surface area contributed by atoms with E-state index in [0.29, 0.717) is 12.3 Å². The van der Waals surface area contributed by atoms with Crippen molar-refractivity contribution in [1.82, 2.24) is 4.98 Å². The van der Waals surface area contributed by atoms with Crippen LogP contribution in [0.5, 0.6) is 5.75 Å². The zero-order valence-corrected chi connectivity index (χ0v) is 15.8. The van der Waals surface area contributed by atoms with Crippen molar-refractivity contribution in [2.45, 2.75) is 19.3 Å². The van der Waals surface area contributed by atoms with Crippen LogP contribution < -0.4 is 14.5 Å². The van der Waals surface area contributed by atoms with Gasteiger partial charge in [-0.05, 0) is 49.1 Å². The fourth-order valence-corrected chi connectivity index (χ4v) is 4.16. The molecule has 1 aromatic heterocycles. The van der Waals surface area contributed by atoms with Gasteiger partial charge in [0.1, 0.15) is 17.1 Å². The maximum atomic E-state index is 12.8. The zero-order valence-electron chi connectivity index (χ0n) is 15.8. The quantitative estimate of drug-likeness (QED) is 0.698. The predicted octanol–water partition coefficient (Wildman–Crippen LogP) is 3.80. The molecule has 142 valence electrons. The number of aromatic nitrogens is 1. The molecule has 0 radical (unpaired) electrons. The Balaban J connectivity index is 1.36. The minimum absolute atomic E-state index is 0.0161. The van der Waals surface area contributed by atoms with Crippen LogP contribution in [-0.4, -0.2) is 37.1 Å². The summed E-state index contributed by atoms with van der Waals surface area (Å²) in [6.07, 6.45) is 3.32. The summed E-state index contributed by atoms with van der Waals surface area (Å²) < 4.78 is 5.95. The molecule has 2 aliphatic rings. The maximum Gasteiger partial charge on any atom is 0.264 e. The van der Waals surface area contributed by atoms with Crippen LogP contribution in [0.1, 0.15) is 18.4 Å². The summed E-state index contributed by atoms with van der Waals surface area (Å²) in [6, 6.07) is 18.1. The number of hydrogen-bond donors (Lipinski definition) is 0. The molecule has 5 heteroatoms. The van der Waals surface area contributed by atoms with Crippen molar-refractivity contribution in [2.24, 2.45) is 0 Å². The molecule has 3 heterocycles. The number of carbonyl (C=O) groups is 1. The first-order valence-electron chi connectivity index (χ1n) is 9.95. The molecule has 2 aliphatic heterocycles.